The number of ketones is 1. The molecule has 5 rings (SSSR count). The molecule has 3 fully saturated rings. The van der Waals surface area contributed by atoms with Crippen LogP contribution in [0.3, 0.4) is 0 Å². The molecule has 1 aromatic rings. The van der Waals surface area contributed by atoms with Gasteiger partial charge >= 0.3 is 11.8 Å². The third kappa shape index (κ3) is 4.69. The number of likely N-dealkylation sites (N-methyl/N-ethyl adjacent to an activating group) is 2. The molecule has 9 nitrogen and oxygen atoms in total. The first-order valence-electron chi connectivity index (χ1n) is 12.1. The van der Waals surface area contributed by atoms with E-state index >= 15 is 0 Å². The molecule has 3 aliphatic heterocycles. The number of aliphatic imine (C=N–C) groups is 1. The van der Waals surface area contributed by atoms with Crippen molar-refractivity contribution in [2.45, 2.75) is 43.8 Å². The molecule has 1 saturated carbocycles. The van der Waals surface area contributed by atoms with E-state index in [1.807, 2.05) is 0 Å². The van der Waals surface area contributed by atoms with Crippen LogP contribution in [0.2, 0.25) is 5.02 Å². The van der Waals surface area contributed by atoms with Crippen LogP contribution >= 0.6 is 11.6 Å². The quantitative estimate of drug-likeness (QED) is 0.454. The number of carbonyl (C=O) groups excluding carboxylic acids is 4. The number of halogens is 3. The second-order valence-electron chi connectivity index (χ2n) is 10.3. The molecule has 0 aromatic heterocycles. The maximum Gasteiger partial charge on any atom is 0.312 e. The van der Waals surface area contributed by atoms with Crippen LogP contribution in [-0.4, -0.2) is 96.5 Å². The minimum Gasteiger partial charge on any atom is -0.350 e. The van der Waals surface area contributed by atoms with Gasteiger partial charge in [0, 0.05) is 45.2 Å². The van der Waals surface area contributed by atoms with Crippen LogP contribution in [0.5, 0.6) is 0 Å². The molecular weight excluding hydrogens is 508 g/mol. The monoisotopic (exact) mass is 537 g/mol. The van der Waals surface area contributed by atoms with E-state index in [2.05, 4.69) is 10.3 Å². The van der Waals surface area contributed by atoms with Gasteiger partial charge in [-0.2, -0.15) is 0 Å². The summed E-state index contributed by atoms with van der Waals surface area (Å²) in [6.45, 7) is -0.753. The smallest absolute Gasteiger partial charge is 0.312 e. The largest absolute Gasteiger partial charge is 0.350 e. The molecule has 1 atom stereocenters. The average Bonchev–Trinajstić information content (AvgIpc) is 3.10. The lowest BCUT2D eigenvalue weighted by Gasteiger charge is -2.47. The molecule has 2 saturated heterocycles. The van der Waals surface area contributed by atoms with E-state index in [1.54, 1.807) is 11.0 Å². The first-order valence-corrected chi connectivity index (χ1v) is 12.4. The van der Waals surface area contributed by atoms with Crippen molar-refractivity contribution in [1.82, 2.24) is 20.0 Å². The fourth-order valence-corrected chi connectivity index (χ4v) is 5.70. The fraction of sp³-hybridized carbons (Fsp3) is 0.560. The van der Waals surface area contributed by atoms with Crippen molar-refractivity contribution in [1.29, 1.82) is 0 Å². The third-order valence-corrected chi connectivity index (χ3v) is 8.13. The lowest BCUT2D eigenvalue weighted by molar-refractivity contribution is -0.152. The number of hydrogen-bond donors (Lipinski definition) is 1. The highest BCUT2D eigenvalue weighted by molar-refractivity contribution is 6.35. The van der Waals surface area contributed by atoms with Crippen LogP contribution in [0.25, 0.3) is 0 Å². The average molecular weight is 538 g/mol. The topological polar surface area (TPSA) is 102 Å². The molecule has 12 heteroatoms. The van der Waals surface area contributed by atoms with Gasteiger partial charge in [-0.25, -0.2) is 9.38 Å². The van der Waals surface area contributed by atoms with Gasteiger partial charge in [-0.3, -0.25) is 23.6 Å². The standard InChI is InChI=1S/C25H30ClF2N5O4/c1-31(2)21(36)22(37)32(3)25-9-7-24(13-27,8-10-25)14-33-12-17(34)19(30-23(25)33)20(35)29-11-15-5-4-6-16(26)18(15)28/h4-6,19H,7-14H2,1-3H3,(H,29,35). The Hall–Kier alpha value is -3.08. The van der Waals surface area contributed by atoms with E-state index in [4.69, 9.17) is 11.6 Å². The lowest BCUT2D eigenvalue weighted by Crippen LogP contribution is -2.64. The van der Waals surface area contributed by atoms with E-state index in [1.165, 1.54) is 43.1 Å². The van der Waals surface area contributed by atoms with Gasteiger partial charge in [0.1, 0.15) is 17.2 Å². The summed E-state index contributed by atoms with van der Waals surface area (Å²) in [6.07, 6.45) is 1.55. The number of carbonyl (C=O) groups is 4. The van der Waals surface area contributed by atoms with Crippen molar-refractivity contribution in [3.8, 4) is 0 Å². The van der Waals surface area contributed by atoms with Crippen LogP contribution in [0.15, 0.2) is 23.2 Å². The number of Topliss-reactive ketones (excluding diaryl/α,β-unsaturated/α-hetero) is 1. The Labute approximate surface area is 218 Å². The molecule has 1 aliphatic carbocycles. The van der Waals surface area contributed by atoms with Gasteiger partial charge in [-0.15, -0.1) is 0 Å². The number of hydrogen-bond acceptors (Lipinski definition) is 6. The molecule has 2 bridgehead atoms. The van der Waals surface area contributed by atoms with Crippen LogP contribution < -0.4 is 5.32 Å². The summed E-state index contributed by atoms with van der Waals surface area (Å²) in [5.41, 5.74) is -1.62. The predicted octanol–water partition coefficient (Wildman–Crippen LogP) is 1.58. The van der Waals surface area contributed by atoms with Gasteiger partial charge < -0.3 is 20.0 Å². The van der Waals surface area contributed by atoms with Crippen molar-refractivity contribution in [3.05, 3.63) is 34.6 Å². The highest BCUT2D eigenvalue weighted by Gasteiger charge is 2.57. The Kier molecular flexibility index (Phi) is 7.29. The van der Waals surface area contributed by atoms with Crippen molar-refractivity contribution in [3.63, 3.8) is 0 Å². The summed E-state index contributed by atoms with van der Waals surface area (Å²) in [7, 11) is 4.45. The lowest BCUT2D eigenvalue weighted by atomic mass is 9.68. The number of nitrogens with one attached hydrogen (secondary N) is 1. The Balaban J connectivity index is 1.68. The molecule has 4 aliphatic rings. The second-order valence-corrected chi connectivity index (χ2v) is 10.7. The number of nitrogens with zero attached hydrogens (tertiary/aromatic N) is 4. The number of alkyl halides is 1. The van der Waals surface area contributed by atoms with Crippen LogP contribution in [0, 0.1) is 11.2 Å². The molecule has 0 spiro atoms. The van der Waals surface area contributed by atoms with Gasteiger partial charge in [-0.05, 0) is 31.7 Å². The summed E-state index contributed by atoms with van der Waals surface area (Å²) >= 11 is 5.81. The first kappa shape index (κ1) is 27.0. The number of fused-ring (bicyclic) bond motifs is 2. The van der Waals surface area contributed by atoms with Crippen molar-refractivity contribution in [2.24, 2.45) is 10.4 Å². The first-order chi connectivity index (χ1) is 17.4. The molecular formula is C25H30ClF2N5O4. The second kappa shape index (κ2) is 10.00. The van der Waals surface area contributed by atoms with Crippen LogP contribution in [0.4, 0.5) is 8.78 Å². The number of benzene rings is 1. The molecule has 200 valence electrons. The maximum atomic E-state index is 14.3. The Morgan fingerprint density at radius 2 is 1.84 bits per heavy atom. The maximum absolute atomic E-state index is 14.3. The van der Waals surface area contributed by atoms with E-state index in [0.29, 0.717) is 31.5 Å². The number of rotatable bonds is 5. The van der Waals surface area contributed by atoms with Gasteiger partial charge in [0.25, 0.3) is 5.91 Å². The van der Waals surface area contributed by atoms with Gasteiger partial charge in [-0.1, -0.05) is 23.7 Å². The van der Waals surface area contributed by atoms with Crippen molar-refractivity contribution >= 4 is 40.9 Å². The minimum atomic E-state index is -1.42. The molecule has 37 heavy (non-hydrogen) atoms. The zero-order valence-electron chi connectivity index (χ0n) is 21.0. The molecule has 3 heterocycles. The normalized spacial score (nSPS) is 26.6. The number of amides is 3. The molecule has 3 amide bonds. The zero-order valence-corrected chi connectivity index (χ0v) is 21.8. The van der Waals surface area contributed by atoms with E-state index in [-0.39, 0.29) is 30.2 Å². The van der Waals surface area contributed by atoms with Gasteiger partial charge in [0.05, 0.1) is 18.2 Å². The predicted molar refractivity (Wildman–Crippen MR) is 132 cm³/mol. The Bertz CT molecular complexity index is 1170. The van der Waals surface area contributed by atoms with Crippen molar-refractivity contribution < 1.29 is 28.0 Å². The molecule has 1 aromatic carbocycles. The highest BCUT2D eigenvalue weighted by Crippen LogP contribution is 2.49. The summed E-state index contributed by atoms with van der Waals surface area (Å²) in [6, 6.07) is 2.98. The third-order valence-electron chi connectivity index (χ3n) is 7.84. The Morgan fingerprint density at radius 3 is 2.46 bits per heavy atom. The number of amidine groups is 1. The van der Waals surface area contributed by atoms with E-state index < -0.39 is 53.0 Å². The minimum absolute atomic E-state index is 0.0886. The fourth-order valence-electron chi connectivity index (χ4n) is 5.51. The van der Waals surface area contributed by atoms with E-state index in [0.717, 1.165) is 0 Å². The SMILES string of the molecule is CN(C)C(=O)C(=O)N(C)C12CCC(CF)(CC1)CN1CC(=O)C(C(=O)NCc3cccc(Cl)c3F)N=C12. The van der Waals surface area contributed by atoms with Gasteiger partial charge in [0.2, 0.25) is 0 Å². The highest BCUT2D eigenvalue weighted by atomic mass is 35.5. The Morgan fingerprint density at radius 1 is 1.16 bits per heavy atom. The molecule has 1 unspecified atom stereocenters. The molecule has 1 N–H and O–H groups in total. The van der Waals surface area contributed by atoms with Crippen LogP contribution in [-0.2, 0) is 25.7 Å². The van der Waals surface area contributed by atoms with Crippen molar-refractivity contribution in [2.75, 3.05) is 40.9 Å². The van der Waals surface area contributed by atoms with Gasteiger partial charge in [0.15, 0.2) is 11.8 Å². The summed E-state index contributed by atoms with van der Waals surface area (Å²) in [4.78, 5) is 60.4. The summed E-state index contributed by atoms with van der Waals surface area (Å²) in [5, 5.41) is 2.46. The van der Waals surface area contributed by atoms with Crippen LogP contribution in [0.1, 0.15) is 31.2 Å². The molecule has 0 radical (unpaired) electrons. The summed E-state index contributed by atoms with van der Waals surface area (Å²) < 4.78 is 28.5. The zero-order chi connectivity index (χ0) is 27.1. The summed E-state index contributed by atoms with van der Waals surface area (Å²) in [5.74, 6) is -3.02. The van der Waals surface area contributed by atoms with E-state index in [9.17, 15) is 28.0 Å².